The van der Waals surface area contributed by atoms with Crippen LogP contribution in [0.1, 0.15) is 27.0 Å². The highest BCUT2D eigenvalue weighted by atomic mass is 32.1. The average Bonchev–Trinajstić information content (AvgIpc) is 2.83. The van der Waals surface area contributed by atoms with E-state index in [1.54, 1.807) is 29.5 Å². The van der Waals surface area contributed by atoms with Gasteiger partial charge in [-0.2, -0.15) is 0 Å². The number of hydrogen-bond donors (Lipinski definition) is 2. The second-order valence-corrected chi connectivity index (χ2v) is 6.38. The molecule has 21 heavy (non-hydrogen) atoms. The number of anilines is 1. The van der Waals surface area contributed by atoms with Crippen molar-refractivity contribution in [3.8, 4) is 5.75 Å². The van der Waals surface area contributed by atoms with Crippen LogP contribution in [0.2, 0.25) is 0 Å². The van der Waals surface area contributed by atoms with Crippen molar-refractivity contribution in [2.45, 2.75) is 26.3 Å². The van der Waals surface area contributed by atoms with Crippen molar-refractivity contribution in [3.05, 3.63) is 45.6 Å². The molecule has 1 aromatic carbocycles. The van der Waals surface area contributed by atoms with Crippen molar-refractivity contribution in [2.24, 2.45) is 0 Å². The molecule has 0 fully saturated rings. The first-order valence-electron chi connectivity index (χ1n) is 6.80. The van der Waals surface area contributed by atoms with Crippen molar-refractivity contribution in [1.29, 1.82) is 0 Å². The van der Waals surface area contributed by atoms with E-state index in [1.807, 2.05) is 6.92 Å². The van der Waals surface area contributed by atoms with Crippen LogP contribution >= 0.6 is 11.3 Å². The maximum absolute atomic E-state index is 12.3. The minimum absolute atomic E-state index is 0.0427. The molecule has 0 aliphatic rings. The lowest BCUT2D eigenvalue weighted by molar-refractivity contribution is 0.0941. The third-order valence-electron chi connectivity index (χ3n) is 3.21. The van der Waals surface area contributed by atoms with E-state index in [4.69, 9.17) is 10.5 Å². The molecular formula is C16H20N2O2S. The van der Waals surface area contributed by atoms with Gasteiger partial charge < -0.3 is 15.8 Å². The first-order chi connectivity index (χ1) is 10.0. The molecule has 1 amide bonds. The molecule has 3 N–H and O–H groups in total. The molecule has 5 heteroatoms. The second-order valence-electron chi connectivity index (χ2n) is 5.01. The standard InChI is InChI=1S/C16H20N2O2S/c1-10(9-12-8-7-11(2)21-12)18-16(19)13-5-4-6-14(20-3)15(13)17/h4-8,10H,9,17H2,1-3H3,(H,18,19). The number of amides is 1. The summed E-state index contributed by atoms with van der Waals surface area (Å²) < 4.78 is 5.14. The Labute approximate surface area is 128 Å². The summed E-state index contributed by atoms with van der Waals surface area (Å²) in [5.74, 6) is 0.344. The van der Waals surface area contributed by atoms with Gasteiger partial charge in [0.25, 0.3) is 5.91 Å². The maximum atomic E-state index is 12.3. The summed E-state index contributed by atoms with van der Waals surface area (Å²) in [6, 6.07) is 9.44. The molecule has 0 aliphatic heterocycles. The van der Waals surface area contributed by atoms with Crippen molar-refractivity contribution >= 4 is 22.9 Å². The number of nitrogen functional groups attached to an aromatic ring is 1. The minimum Gasteiger partial charge on any atom is -0.495 e. The number of para-hydroxylation sites is 1. The number of hydrogen-bond acceptors (Lipinski definition) is 4. The van der Waals surface area contributed by atoms with Crippen LogP contribution in [-0.4, -0.2) is 19.1 Å². The summed E-state index contributed by atoms with van der Waals surface area (Å²) in [5, 5.41) is 2.98. The zero-order chi connectivity index (χ0) is 15.4. The van der Waals surface area contributed by atoms with Crippen LogP contribution in [0, 0.1) is 6.92 Å². The predicted octanol–water partition coefficient (Wildman–Crippen LogP) is 3.01. The van der Waals surface area contributed by atoms with Gasteiger partial charge in [0.1, 0.15) is 5.75 Å². The van der Waals surface area contributed by atoms with Gasteiger partial charge >= 0.3 is 0 Å². The van der Waals surface area contributed by atoms with Crippen molar-refractivity contribution in [2.75, 3.05) is 12.8 Å². The van der Waals surface area contributed by atoms with Gasteiger partial charge in [-0.25, -0.2) is 0 Å². The van der Waals surface area contributed by atoms with E-state index in [0.29, 0.717) is 17.0 Å². The van der Waals surface area contributed by atoms with Gasteiger partial charge in [0.05, 0.1) is 18.4 Å². The van der Waals surface area contributed by atoms with Crippen LogP contribution < -0.4 is 15.8 Å². The van der Waals surface area contributed by atoms with Crippen LogP contribution in [0.4, 0.5) is 5.69 Å². The Kier molecular flexibility index (Phi) is 4.85. The molecule has 2 aromatic rings. The van der Waals surface area contributed by atoms with Gasteiger partial charge in [0.15, 0.2) is 0 Å². The smallest absolute Gasteiger partial charge is 0.253 e. The van der Waals surface area contributed by atoms with Gasteiger partial charge in [-0.1, -0.05) is 6.07 Å². The van der Waals surface area contributed by atoms with E-state index in [1.165, 1.54) is 16.9 Å². The molecule has 1 aromatic heterocycles. The molecule has 0 aliphatic carbocycles. The number of methoxy groups -OCH3 is 1. The maximum Gasteiger partial charge on any atom is 0.253 e. The van der Waals surface area contributed by atoms with E-state index in [-0.39, 0.29) is 11.9 Å². The average molecular weight is 304 g/mol. The summed E-state index contributed by atoms with van der Waals surface area (Å²) in [6.45, 7) is 4.07. The normalized spacial score (nSPS) is 12.0. The lowest BCUT2D eigenvalue weighted by Gasteiger charge is -2.15. The molecule has 2 rings (SSSR count). The fourth-order valence-electron chi connectivity index (χ4n) is 2.17. The van der Waals surface area contributed by atoms with E-state index in [9.17, 15) is 4.79 Å². The molecule has 0 bridgehead atoms. The molecule has 112 valence electrons. The number of nitrogens with one attached hydrogen (secondary N) is 1. The summed E-state index contributed by atoms with van der Waals surface area (Å²) >= 11 is 1.75. The molecule has 1 heterocycles. The van der Waals surface area contributed by atoms with Crippen LogP contribution in [-0.2, 0) is 6.42 Å². The zero-order valence-corrected chi connectivity index (χ0v) is 13.3. The number of carbonyl (C=O) groups is 1. The predicted molar refractivity (Wildman–Crippen MR) is 87.1 cm³/mol. The molecule has 1 atom stereocenters. The number of ether oxygens (including phenoxy) is 1. The highest BCUT2D eigenvalue weighted by Gasteiger charge is 2.15. The molecular weight excluding hydrogens is 284 g/mol. The molecule has 1 unspecified atom stereocenters. The van der Waals surface area contributed by atoms with Crippen molar-refractivity contribution in [3.63, 3.8) is 0 Å². The Morgan fingerprint density at radius 1 is 1.38 bits per heavy atom. The summed E-state index contributed by atoms with van der Waals surface area (Å²) in [4.78, 5) is 14.8. The number of rotatable bonds is 5. The molecule has 0 radical (unpaired) electrons. The summed E-state index contributed by atoms with van der Waals surface area (Å²) in [5.41, 5.74) is 6.76. The van der Waals surface area contributed by atoms with E-state index >= 15 is 0 Å². The Morgan fingerprint density at radius 2 is 2.14 bits per heavy atom. The molecule has 0 spiro atoms. The molecule has 4 nitrogen and oxygen atoms in total. The lowest BCUT2D eigenvalue weighted by Crippen LogP contribution is -2.34. The number of benzene rings is 1. The number of nitrogens with two attached hydrogens (primary N) is 1. The van der Waals surface area contributed by atoms with Crippen LogP contribution in [0.3, 0.4) is 0 Å². The Bertz CT molecular complexity index is 637. The number of carbonyl (C=O) groups excluding carboxylic acids is 1. The van der Waals surface area contributed by atoms with Gasteiger partial charge in [-0.05, 0) is 38.1 Å². The highest BCUT2D eigenvalue weighted by molar-refractivity contribution is 7.11. The second kappa shape index (κ2) is 6.63. The monoisotopic (exact) mass is 304 g/mol. The van der Waals surface area contributed by atoms with Crippen molar-refractivity contribution in [1.82, 2.24) is 5.32 Å². The summed E-state index contributed by atoms with van der Waals surface area (Å²) in [6.07, 6.45) is 0.814. The Hall–Kier alpha value is -2.01. The van der Waals surface area contributed by atoms with E-state index < -0.39 is 0 Å². The zero-order valence-electron chi connectivity index (χ0n) is 12.5. The Balaban J connectivity index is 2.04. The third-order valence-corrected chi connectivity index (χ3v) is 4.23. The summed E-state index contributed by atoms with van der Waals surface area (Å²) in [7, 11) is 1.54. The van der Waals surface area contributed by atoms with Gasteiger partial charge in [-0.15, -0.1) is 11.3 Å². The van der Waals surface area contributed by atoms with Crippen LogP contribution in [0.25, 0.3) is 0 Å². The minimum atomic E-state index is -0.174. The van der Waals surface area contributed by atoms with Gasteiger partial charge in [-0.3, -0.25) is 4.79 Å². The van der Waals surface area contributed by atoms with E-state index in [2.05, 4.69) is 24.4 Å². The number of thiophene rings is 1. The SMILES string of the molecule is COc1cccc(C(=O)NC(C)Cc2ccc(C)s2)c1N. The fourth-order valence-corrected chi connectivity index (χ4v) is 3.19. The lowest BCUT2D eigenvalue weighted by atomic mass is 10.1. The first-order valence-corrected chi connectivity index (χ1v) is 7.61. The van der Waals surface area contributed by atoms with Crippen LogP contribution in [0.15, 0.2) is 30.3 Å². The quantitative estimate of drug-likeness (QED) is 0.835. The first kappa shape index (κ1) is 15.4. The highest BCUT2D eigenvalue weighted by Crippen LogP contribution is 2.24. The Morgan fingerprint density at radius 3 is 2.76 bits per heavy atom. The fraction of sp³-hybridized carbons (Fsp3) is 0.312. The third kappa shape index (κ3) is 3.76. The number of aryl methyl sites for hydroxylation is 1. The van der Waals surface area contributed by atoms with Crippen LogP contribution in [0.5, 0.6) is 5.75 Å². The van der Waals surface area contributed by atoms with Crippen molar-refractivity contribution < 1.29 is 9.53 Å². The van der Waals surface area contributed by atoms with E-state index in [0.717, 1.165) is 6.42 Å². The van der Waals surface area contributed by atoms with Gasteiger partial charge in [0.2, 0.25) is 0 Å². The van der Waals surface area contributed by atoms with Gasteiger partial charge in [0, 0.05) is 22.2 Å². The molecule has 0 saturated carbocycles. The topological polar surface area (TPSA) is 64.3 Å². The molecule has 0 saturated heterocycles. The largest absolute Gasteiger partial charge is 0.495 e.